The van der Waals surface area contributed by atoms with Gasteiger partial charge in [0.05, 0.1) is 0 Å². The molecule has 0 amide bonds. The van der Waals surface area contributed by atoms with Gasteiger partial charge in [-0.1, -0.05) is 18.2 Å². The fourth-order valence-corrected chi connectivity index (χ4v) is 1.76. The second-order valence-electron chi connectivity index (χ2n) is 4.44. The molecule has 3 nitrogen and oxygen atoms in total. The van der Waals surface area contributed by atoms with Gasteiger partial charge in [-0.25, -0.2) is 4.98 Å². The minimum Gasteiger partial charge on any atom is -0.399 e. The van der Waals surface area contributed by atoms with Crippen molar-refractivity contribution in [1.29, 1.82) is 0 Å². The first-order valence-electron chi connectivity index (χ1n) is 6.02. The monoisotopic (exact) mass is 281 g/mol. The van der Waals surface area contributed by atoms with E-state index in [0.29, 0.717) is 5.69 Å². The summed E-state index contributed by atoms with van der Waals surface area (Å²) >= 11 is 0. The topological polar surface area (TPSA) is 50.9 Å². The van der Waals surface area contributed by atoms with Crippen LogP contribution in [0.2, 0.25) is 0 Å². The minimum atomic E-state index is -4.44. The first kappa shape index (κ1) is 14.2. The molecule has 1 unspecified atom stereocenters. The van der Waals surface area contributed by atoms with Gasteiger partial charge in [0, 0.05) is 11.7 Å². The van der Waals surface area contributed by atoms with E-state index in [0.717, 1.165) is 11.6 Å². The Morgan fingerprint density at radius 2 is 1.75 bits per heavy atom. The van der Waals surface area contributed by atoms with Gasteiger partial charge in [-0.05, 0) is 36.8 Å². The van der Waals surface area contributed by atoms with Crippen LogP contribution < -0.4 is 11.1 Å². The van der Waals surface area contributed by atoms with E-state index in [4.69, 9.17) is 5.73 Å². The predicted molar refractivity (Wildman–Crippen MR) is 72.1 cm³/mol. The number of alkyl halides is 3. The zero-order valence-corrected chi connectivity index (χ0v) is 10.8. The van der Waals surface area contributed by atoms with Crippen LogP contribution in [0.3, 0.4) is 0 Å². The number of rotatable bonds is 3. The van der Waals surface area contributed by atoms with E-state index in [1.807, 2.05) is 19.1 Å². The van der Waals surface area contributed by atoms with E-state index in [-0.39, 0.29) is 11.9 Å². The van der Waals surface area contributed by atoms with Gasteiger partial charge in [0.25, 0.3) is 0 Å². The molecule has 2 aromatic rings. The quantitative estimate of drug-likeness (QED) is 0.840. The highest BCUT2D eigenvalue weighted by Crippen LogP contribution is 2.29. The Morgan fingerprint density at radius 3 is 2.35 bits per heavy atom. The SMILES string of the molecule is CC(Nc1cccc(C(F)(F)F)n1)c1ccc(N)cc1. The van der Waals surface area contributed by atoms with Crippen LogP contribution in [0.4, 0.5) is 24.7 Å². The Balaban J connectivity index is 2.15. The highest BCUT2D eigenvalue weighted by molar-refractivity contribution is 5.43. The maximum absolute atomic E-state index is 12.6. The first-order chi connectivity index (χ1) is 9.36. The molecular formula is C14H14F3N3. The fraction of sp³-hybridized carbons (Fsp3) is 0.214. The summed E-state index contributed by atoms with van der Waals surface area (Å²) in [4.78, 5) is 3.57. The molecular weight excluding hydrogens is 267 g/mol. The van der Waals surface area contributed by atoms with Crippen molar-refractivity contribution in [3.63, 3.8) is 0 Å². The number of aromatic nitrogens is 1. The molecule has 0 aliphatic rings. The van der Waals surface area contributed by atoms with Gasteiger partial charge in [0.15, 0.2) is 0 Å². The number of anilines is 2. The number of benzene rings is 1. The van der Waals surface area contributed by atoms with Gasteiger partial charge < -0.3 is 11.1 Å². The van der Waals surface area contributed by atoms with E-state index < -0.39 is 11.9 Å². The highest BCUT2D eigenvalue weighted by atomic mass is 19.4. The average Bonchev–Trinajstić information content (AvgIpc) is 2.38. The molecule has 2 rings (SSSR count). The zero-order chi connectivity index (χ0) is 14.8. The lowest BCUT2D eigenvalue weighted by molar-refractivity contribution is -0.141. The summed E-state index contributed by atoms with van der Waals surface area (Å²) in [6.07, 6.45) is -4.44. The summed E-state index contributed by atoms with van der Waals surface area (Å²) in [5.74, 6) is 0.184. The van der Waals surface area contributed by atoms with Crippen LogP contribution in [0.5, 0.6) is 0 Å². The van der Waals surface area contributed by atoms with Crippen LogP contribution in [0, 0.1) is 0 Å². The van der Waals surface area contributed by atoms with Crippen LogP contribution in [-0.2, 0) is 6.18 Å². The predicted octanol–water partition coefficient (Wildman–Crippen LogP) is 3.86. The molecule has 6 heteroatoms. The van der Waals surface area contributed by atoms with Crippen LogP contribution >= 0.6 is 0 Å². The number of nitrogen functional groups attached to an aromatic ring is 1. The first-order valence-corrected chi connectivity index (χ1v) is 6.02. The van der Waals surface area contributed by atoms with Crippen molar-refractivity contribution < 1.29 is 13.2 Å². The number of hydrogen-bond acceptors (Lipinski definition) is 3. The summed E-state index contributed by atoms with van der Waals surface area (Å²) in [5, 5.41) is 2.94. The highest BCUT2D eigenvalue weighted by Gasteiger charge is 2.32. The number of nitrogens with zero attached hydrogens (tertiary/aromatic N) is 1. The van der Waals surface area contributed by atoms with Crippen molar-refractivity contribution in [2.24, 2.45) is 0 Å². The number of pyridine rings is 1. The largest absolute Gasteiger partial charge is 0.433 e. The minimum absolute atomic E-state index is 0.174. The lowest BCUT2D eigenvalue weighted by atomic mass is 10.1. The van der Waals surface area contributed by atoms with Crippen molar-refractivity contribution in [1.82, 2.24) is 4.98 Å². The second-order valence-corrected chi connectivity index (χ2v) is 4.44. The smallest absolute Gasteiger partial charge is 0.399 e. The Kier molecular flexibility index (Phi) is 3.83. The van der Waals surface area contributed by atoms with E-state index in [1.54, 1.807) is 12.1 Å². The molecule has 0 spiro atoms. The second kappa shape index (κ2) is 5.40. The molecule has 0 saturated carbocycles. The van der Waals surface area contributed by atoms with Gasteiger partial charge in [-0.15, -0.1) is 0 Å². The summed E-state index contributed by atoms with van der Waals surface area (Å²) in [6, 6.07) is 10.7. The van der Waals surface area contributed by atoms with Crippen molar-refractivity contribution in [2.45, 2.75) is 19.1 Å². The molecule has 1 atom stereocenters. The van der Waals surface area contributed by atoms with E-state index in [2.05, 4.69) is 10.3 Å². The zero-order valence-electron chi connectivity index (χ0n) is 10.8. The molecule has 0 aliphatic heterocycles. The van der Waals surface area contributed by atoms with E-state index >= 15 is 0 Å². The third kappa shape index (κ3) is 3.40. The number of nitrogens with two attached hydrogens (primary N) is 1. The molecule has 0 saturated heterocycles. The third-order valence-electron chi connectivity index (χ3n) is 2.84. The lowest BCUT2D eigenvalue weighted by Gasteiger charge is -2.16. The molecule has 1 aromatic carbocycles. The molecule has 0 radical (unpaired) electrons. The summed E-state index contributed by atoms with van der Waals surface area (Å²) in [7, 11) is 0. The van der Waals surface area contributed by atoms with Crippen molar-refractivity contribution in [3.8, 4) is 0 Å². The maximum Gasteiger partial charge on any atom is 0.433 e. The van der Waals surface area contributed by atoms with Crippen molar-refractivity contribution >= 4 is 11.5 Å². The van der Waals surface area contributed by atoms with Gasteiger partial charge in [-0.2, -0.15) is 13.2 Å². The molecule has 0 aliphatic carbocycles. The van der Waals surface area contributed by atoms with Gasteiger partial charge in [0.2, 0.25) is 0 Å². The molecule has 20 heavy (non-hydrogen) atoms. The maximum atomic E-state index is 12.6. The molecule has 3 N–H and O–H groups in total. The molecule has 0 bridgehead atoms. The standard InChI is InChI=1S/C14H14F3N3/c1-9(10-5-7-11(18)8-6-10)19-13-4-2-3-12(20-13)14(15,16)17/h2-9H,18H2,1H3,(H,19,20). The van der Waals surface area contributed by atoms with Gasteiger partial charge >= 0.3 is 6.18 Å². The molecule has 106 valence electrons. The van der Waals surface area contributed by atoms with Crippen LogP contribution in [0.1, 0.15) is 24.2 Å². The molecule has 1 aromatic heterocycles. The van der Waals surface area contributed by atoms with E-state index in [1.165, 1.54) is 12.1 Å². The van der Waals surface area contributed by atoms with Crippen molar-refractivity contribution in [3.05, 3.63) is 53.7 Å². The molecule has 0 fully saturated rings. The normalized spacial score (nSPS) is 13.0. The van der Waals surface area contributed by atoms with Crippen LogP contribution in [-0.4, -0.2) is 4.98 Å². The number of nitrogens with one attached hydrogen (secondary N) is 1. The number of halogens is 3. The fourth-order valence-electron chi connectivity index (χ4n) is 1.76. The Morgan fingerprint density at radius 1 is 1.10 bits per heavy atom. The van der Waals surface area contributed by atoms with Crippen LogP contribution in [0.25, 0.3) is 0 Å². The summed E-state index contributed by atoms with van der Waals surface area (Å²) < 4.78 is 37.7. The lowest BCUT2D eigenvalue weighted by Crippen LogP contribution is -2.12. The Hall–Kier alpha value is -2.24. The Labute approximate surface area is 114 Å². The number of hydrogen-bond donors (Lipinski definition) is 2. The third-order valence-corrected chi connectivity index (χ3v) is 2.84. The van der Waals surface area contributed by atoms with E-state index in [9.17, 15) is 13.2 Å². The Bertz CT molecular complexity index is 579. The van der Waals surface area contributed by atoms with Crippen molar-refractivity contribution in [2.75, 3.05) is 11.1 Å². The van der Waals surface area contributed by atoms with Gasteiger partial charge in [0.1, 0.15) is 11.5 Å². The average molecular weight is 281 g/mol. The summed E-state index contributed by atoms with van der Waals surface area (Å²) in [5.41, 5.74) is 6.23. The summed E-state index contributed by atoms with van der Waals surface area (Å²) in [6.45, 7) is 1.84. The molecule has 1 heterocycles. The van der Waals surface area contributed by atoms with Gasteiger partial charge in [-0.3, -0.25) is 0 Å². The van der Waals surface area contributed by atoms with Crippen LogP contribution in [0.15, 0.2) is 42.5 Å².